The molecule has 2 unspecified atom stereocenters. The van der Waals surface area contributed by atoms with Crippen molar-refractivity contribution in [3.63, 3.8) is 0 Å². The van der Waals surface area contributed by atoms with E-state index in [-0.39, 0.29) is 5.56 Å². The number of hydrogen-bond donors (Lipinski definition) is 2. The van der Waals surface area contributed by atoms with E-state index in [0.717, 1.165) is 42.5 Å². The molecule has 4 heteroatoms. The molecule has 1 aromatic rings. The monoisotopic (exact) mass is 247 g/mol. The van der Waals surface area contributed by atoms with Crippen LogP contribution in [0.25, 0.3) is 0 Å². The molecule has 0 saturated heterocycles. The molecule has 2 heterocycles. The zero-order valence-corrected chi connectivity index (χ0v) is 11.0. The molecule has 1 aliphatic carbocycles. The predicted molar refractivity (Wildman–Crippen MR) is 72.0 cm³/mol. The highest BCUT2D eigenvalue weighted by Crippen LogP contribution is 2.38. The summed E-state index contributed by atoms with van der Waals surface area (Å²) in [5.41, 5.74) is 0.914. The van der Waals surface area contributed by atoms with Crippen molar-refractivity contribution in [2.24, 2.45) is 5.92 Å². The molecular weight excluding hydrogens is 226 g/mol. The van der Waals surface area contributed by atoms with E-state index in [2.05, 4.69) is 22.2 Å². The zero-order valence-electron chi connectivity index (χ0n) is 11.0. The van der Waals surface area contributed by atoms with Crippen molar-refractivity contribution in [1.29, 1.82) is 0 Å². The summed E-state index contributed by atoms with van der Waals surface area (Å²) in [7, 11) is 0. The lowest BCUT2D eigenvalue weighted by Gasteiger charge is -2.18. The normalized spacial score (nSPS) is 26.7. The lowest BCUT2D eigenvalue weighted by atomic mass is 10.0. The molecular formula is C14H21N3O. The number of H-pyrrole nitrogens is 1. The van der Waals surface area contributed by atoms with Gasteiger partial charge in [0.1, 0.15) is 11.6 Å². The van der Waals surface area contributed by atoms with Gasteiger partial charge in [0.05, 0.1) is 5.56 Å². The first-order valence-corrected chi connectivity index (χ1v) is 7.15. The van der Waals surface area contributed by atoms with Crippen LogP contribution in [-0.4, -0.2) is 16.5 Å². The van der Waals surface area contributed by atoms with Crippen LogP contribution < -0.4 is 10.9 Å². The van der Waals surface area contributed by atoms with E-state index in [1.807, 2.05) is 0 Å². The van der Waals surface area contributed by atoms with E-state index in [0.29, 0.717) is 5.92 Å². The standard InChI is InChI=1S/C14H21N3O/c1-2-9-5-6-10(8-9)12-16-13-11(14(18)17-12)4-3-7-15-13/h9-10H,2-8H2,1H3,(H2,15,16,17,18). The third-order valence-corrected chi connectivity index (χ3v) is 4.44. The summed E-state index contributed by atoms with van der Waals surface area (Å²) in [6.45, 7) is 3.18. The van der Waals surface area contributed by atoms with Crippen molar-refractivity contribution in [3.05, 3.63) is 21.7 Å². The molecule has 2 aliphatic rings. The lowest BCUT2D eigenvalue weighted by Crippen LogP contribution is -2.25. The molecule has 98 valence electrons. The van der Waals surface area contributed by atoms with Gasteiger partial charge in [-0.05, 0) is 38.0 Å². The Balaban J connectivity index is 1.89. The maximum atomic E-state index is 12.1. The first-order valence-electron chi connectivity index (χ1n) is 7.15. The molecule has 2 atom stereocenters. The molecule has 0 spiro atoms. The van der Waals surface area contributed by atoms with E-state index in [9.17, 15) is 4.79 Å². The first-order chi connectivity index (χ1) is 8.78. The maximum Gasteiger partial charge on any atom is 0.256 e. The van der Waals surface area contributed by atoms with Crippen LogP contribution in [-0.2, 0) is 6.42 Å². The van der Waals surface area contributed by atoms with Crippen molar-refractivity contribution >= 4 is 5.82 Å². The van der Waals surface area contributed by atoms with Crippen molar-refractivity contribution in [3.8, 4) is 0 Å². The average Bonchev–Trinajstić information content (AvgIpc) is 2.87. The van der Waals surface area contributed by atoms with E-state index >= 15 is 0 Å². The van der Waals surface area contributed by atoms with Crippen LogP contribution in [0.3, 0.4) is 0 Å². The van der Waals surface area contributed by atoms with Gasteiger partial charge in [-0.1, -0.05) is 13.3 Å². The minimum absolute atomic E-state index is 0.0714. The summed E-state index contributed by atoms with van der Waals surface area (Å²) >= 11 is 0. The Morgan fingerprint density at radius 3 is 3.06 bits per heavy atom. The average molecular weight is 247 g/mol. The fourth-order valence-corrected chi connectivity index (χ4v) is 3.25. The second-order valence-corrected chi connectivity index (χ2v) is 5.59. The van der Waals surface area contributed by atoms with Gasteiger partial charge in [0, 0.05) is 12.5 Å². The van der Waals surface area contributed by atoms with Crippen LogP contribution in [0.15, 0.2) is 4.79 Å². The van der Waals surface area contributed by atoms with Crippen molar-refractivity contribution in [1.82, 2.24) is 9.97 Å². The Labute approximate surface area is 107 Å². The molecule has 1 aliphatic heterocycles. The Morgan fingerprint density at radius 2 is 2.28 bits per heavy atom. The molecule has 0 radical (unpaired) electrons. The second kappa shape index (κ2) is 4.75. The molecule has 3 rings (SSSR count). The van der Waals surface area contributed by atoms with E-state index in [1.54, 1.807) is 0 Å². The first kappa shape index (κ1) is 11.8. The number of nitrogens with zero attached hydrogens (tertiary/aromatic N) is 1. The Bertz CT molecular complexity index is 494. The van der Waals surface area contributed by atoms with Crippen molar-refractivity contribution in [2.75, 3.05) is 11.9 Å². The topological polar surface area (TPSA) is 57.8 Å². The molecule has 1 saturated carbocycles. The number of aromatic nitrogens is 2. The SMILES string of the molecule is CCC1CCC(c2nc3c(c(=O)[nH]2)CCCN3)C1. The summed E-state index contributed by atoms with van der Waals surface area (Å²) in [5.74, 6) is 3.00. The van der Waals surface area contributed by atoms with Crippen LogP contribution in [0.4, 0.5) is 5.82 Å². The van der Waals surface area contributed by atoms with Crippen LogP contribution in [0.1, 0.15) is 56.3 Å². The largest absolute Gasteiger partial charge is 0.370 e. The predicted octanol–water partition coefficient (Wildman–Crippen LogP) is 2.42. The molecule has 0 aromatic carbocycles. The highest BCUT2D eigenvalue weighted by atomic mass is 16.1. The lowest BCUT2D eigenvalue weighted by molar-refractivity contribution is 0.516. The van der Waals surface area contributed by atoms with Gasteiger partial charge in [-0.3, -0.25) is 4.79 Å². The van der Waals surface area contributed by atoms with Gasteiger partial charge in [-0.25, -0.2) is 4.98 Å². The molecule has 0 amide bonds. The maximum absolute atomic E-state index is 12.1. The summed E-state index contributed by atoms with van der Waals surface area (Å²) in [6, 6.07) is 0. The fourth-order valence-electron chi connectivity index (χ4n) is 3.25. The number of rotatable bonds is 2. The van der Waals surface area contributed by atoms with Crippen molar-refractivity contribution in [2.45, 2.75) is 51.4 Å². The fraction of sp³-hybridized carbons (Fsp3) is 0.714. The minimum Gasteiger partial charge on any atom is -0.370 e. The third-order valence-electron chi connectivity index (χ3n) is 4.44. The van der Waals surface area contributed by atoms with E-state index < -0.39 is 0 Å². The van der Waals surface area contributed by atoms with E-state index in [4.69, 9.17) is 0 Å². The quantitative estimate of drug-likeness (QED) is 0.843. The highest BCUT2D eigenvalue weighted by molar-refractivity contribution is 5.45. The Hall–Kier alpha value is -1.32. The van der Waals surface area contributed by atoms with Crippen LogP contribution >= 0.6 is 0 Å². The highest BCUT2D eigenvalue weighted by Gasteiger charge is 2.27. The molecule has 1 aromatic heterocycles. The van der Waals surface area contributed by atoms with Gasteiger partial charge < -0.3 is 10.3 Å². The second-order valence-electron chi connectivity index (χ2n) is 5.59. The van der Waals surface area contributed by atoms with Gasteiger partial charge in [0.15, 0.2) is 0 Å². The number of hydrogen-bond acceptors (Lipinski definition) is 3. The summed E-state index contributed by atoms with van der Waals surface area (Å²) in [6.07, 6.45) is 6.74. The molecule has 4 nitrogen and oxygen atoms in total. The smallest absolute Gasteiger partial charge is 0.256 e. The molecule has 0 bridgehead atoms. The number of nitrogens with one attached hydrogen (secondary N) is 2. The number of anilines is 1. The molecule has 18 heavy (non-hydrogen) atoms. The van der Waals surface area contributed by atoms with Gasteiger partial charge >= 0.3 is 0 Å². The van der Waals surface area contributed by atoms with Gasteiger partial charge in [-0.2, -0.15) is 0 Å². The Morgan fingerprint density at radius 1 is 1.39 bits per heavy atom. The summed E-state index contributed by atoms with van der Waals surface area (Å²) in [5, 5.41) is 3.26. The zero-order chi connectivity index (χ0) is 12.5. The van der Waals surface area contributed by atoms with Gasteiger partial charge in [0.25, 0.3) is 5.56 Å². The van der Waals surface area contributed by atoms with Crippen LogP contribution in [0.5, 0.6) is 0 Å². The molecule has 1 fully saturated rings. The molecule has 2 N–H and O–H groups in total. The Kier molecular flexibility index (Phi) is 3.10. The van der Waals surface area contributed by atoms with Gasteiger partial charge in [0.2, 0.25) is 0 Å². The van der Waals surface area contributed by atoms with Crippen molar-refractivity contribution < 1.29 is 0 Å². The number of fused-ring (bicyclic) bond motifs is 1. The minimum atomic E-state index is 0.0714. The van der Waals surface area contributed by atoms with Crippen LogP contribution in [0.2, 0.25) is 0 Å². The summed E-state index contributed by atoms with van der Waals surface area (Å²) < 4.78 is 0. The number of aromatic amines is 1. The van der Waals surface area contributed by atoms with Gasteiger partial charge in [-0.15, -0.1) is 0 Å². The summed E-state index contributed by atoms with van der Waals surface area (Å²) in [4.78, 5) is 19.7. The third kappa shape index (κ3) is 2.04. The van der Waals surface area contributed by atoms with E-state index in [1.165, 1.54) is 25.7 Å². The van der Waals surface area contributed by atoms with Crippen LogP contribution in [0, 0.1) is 5.92 Å².